The molecule has 0 bridgehead atoms. The molecule has 1 aliphatic rings. The van der Waals surface area contributed by atoms with E-state index in [1.807, 2.05) is 0 Å². The van der Waals surface area contributed by atoms with Gasteiger partial charge in [-0.05, 0) is 45.4 Å². The van der Waals surface area contributed by atoms with Gasteiger partial charge in [-0.3, -0.25) is 14.3 Å². The van der Waals surface area contributed by atoms with E-state index in [2.05, 4.69) is 17.0 Å². The normalized spacial score (nSPS) is 16.0. The fourth-order valence-electron chi connectivity index (χ4n) is 5.05. The summed E-state index contributed by atoms with van der Waals surface area (Å²) in [5, 5.41) is 2.69. The molecule has 0 atom stereocenters. The smallest absolute Gasteiger partial charge is 0.232 e. The third-order valence-electron chi connectivity index (χ3n) is 7.98. The Balaban J connectivity index is 1.72. The average Bonchev–Trinajstić information content (AvgIpc) is 2.95. The van der Waals surface area contributed by atoms with Crippen molar-refractivity contribution in [2.24, 2.45) is 5.41 Å². The monoisotopic (exact) mass is 624 g/mol. The summed E-state index contributed by atoms with van der Waals surface area (Å²) in [6.45, 7) is 7.83. The Labute approximate surface area is 260 Å². The molecule has 9 nitrogen and oxygen atoms in total. The minimum atomic E-state index is -3.55. The maximum atomic E-state index is 12.9. The van der Waals surface area contributed by atoms with Crippen molar-refractivity contribution in [2.75, 3.05) is 36.1 Å². The maximum Gasteiger partial charge on any atom is 0.232 e. The van der Waals surface area contributed by atoms with E-state index in [4.69, 9.17) is 14.2 Å². The zero-order valence-electron chi connectivity index (χ0n) is 27.2. The molecule has 1 heterocycles. The average molecular weight is 625 g/mol. The number of Topliss-reactive ketones (excluding diaryl/α,β-unsaturated/α-hetero) is 1. The van der Waals surface area contributed by atoms with Gasteiger partial charge in [0, 0.05) is 0 Å². The molecular formula is C33H56N2O7S. The summed E-state index contributed by atoms with van der Waals surface area (Å²) in [5.41, 5.74) is -0.336. The number of unbranched alkanes of at least 4 members (excludes halogenated alkanes) is 13. The van der Waals surface area contributed by atoms with Gasteiger partial charge in [0.25, 0.3) is 0 Å². The van der Waals surface area contributed by atoms with E-state index >= 15 is 0 Å². The van der Waals surface area contributed by atoms with Gasteiger partial charge in [0.05, 0.1) is 49.3 Å². The summed E-state index contributed by atoms with van der Waals surface area (Å²) in [7, 11) is -2.10. The van der Waals surface area contributed by atoms with E-state index in [0.717, 1.165) is 19.3 Å². The second kappa shape index (κ2) is 18.6. The van der Waals surface area contributed by atoms with E-state index in [1.165, 1.54) is 77.4 Å². The van der Waals surface area contributed by atoms with Gasteiger partial charge >= 0.3 is 0 Å². The van der Waals surface area contributed by atoms with Gasteiger partial charge in [0.1, 0.15) is 5.75 Å². The van der Waals surface area contributed by atoms with Crippen LogP contribution in [-0.4, -0.2) is 52.0 Å². The molecule has 1 amide bonds. The molecule has 2 N–H and O–H groups in total. The van der Waals surface area contributed by atoms with Crippen molar-refractivity contribution in [3.05, 3.63) is 18.2 Å². The van der Waals surface area contributed by atoms with Crippen LogP contribution in [0, 0.1) is 5.41 Å². The molecule has 0 saturated carbocycles. The largest absolute Gasteiger partial charge is 0.495 e. The summed E-state index contributed by atoms with van der Waals surface area (Å²) in [6, 6.07) is 4.66. The number of carbonyl (C=O) groups is 2. The number of hydrogen-bond donors (Lipinski definition) is 2. The predicted octanol–water partition coefficient (Wildman–Crippen LogP) is 7.61. The number of anilines is 2. The molecule has 0 spiro atoms. The van der Waals surface area contributed by atoms with E-state index in [0.29, 0.717) is 17.9 Å². The Bertz CT molecular complexity index is 1090. The van der Waals surface area contributed by atoms with Crippen LogP contribution in [0.25, 0.3) is 0 Å². The summed E-state index contributed by atoms with van der Waals surface area (Å²) < 4.78 is 44.6. The Hall–Kier alpha value is -2.17. The van der Waals surface area contributed by atoms with Gasteiger partial charge in [-0.2, -0.15) is 0 Å². The predicted molar refractivity (Wildman–Crippen MR) is 173 cm³/mol. The first-order chi connectivity index (χ1) is 20.4. The second-order valence-corrected chi connectivity index (χ2v) is 14.5. The highest BCUT2D eigenvalue weighted by molar-refractivity contribution is 7.92. The zero-order valence-corrected chi connectivity index (χ0v) is 28.0. The highest BCUT2D eigenvalue weighted by Crippen LogP contribution is 2.32. The Morgan fingerprint density at radius 2 is 1.35 bits per heavy atom. The van der Waals surface area contributed by atoms with Crippen LogP contribution in [0.3, 0.4) is 0 Å². The first-order valence-electron chi connectivity index (χ1n) is 16.2. The third kappa shape index (κ3) is 14.4. The van der Waals surface area contributed by atoms with Crippen LogP contribution >= 0.6 is 0 Å². The first-order valence-corrected chi connectivity index (χ1v) is 17.8. The van der Waals surface area contributed by atoms with E-state index < -0.39 is 27.1 Å². The quantitative estimate of drug-likeness (QED) is 0.101. The number of ketones is 1. The molecule has 2 rings (SSSR count). The van der Waals surface area contributed by atoms with Crippen molar-refractivity contribution in [1.82, 2.24) is 0 Å². The van der Waals surface area contributed by atoms with Gasteiger partial charge in [0.15, 0.2) is 11.6 Å². The number of methoxy groups -OCH3 is 1. The molecule has 246 valence electrons. The molecule has 10 heteroatoms. The minimum Gasteiger partial charge on any atom is -0.495 e. The highest BCUT2D eigenvalue weighted by atomic mass is 32.2. The number of benzene rings is 1. The van der Waals surface area contributed by atoms with Crippen molar-refractivity contribution in [2.45, 2.75) is 130 Å². The van der Waals surface area contributed by atoms with E-state index in [9.17, 15) is 18.0 Å². The van der Waals surface area contributed by atoms with Crippen molar-refractivity contribution < 1.29 is 32.2 Å². The number of nitrogens with one attached hydrogen (secondary N) is 2. The SMILES string of the molecule is CCCCCCCCCCCCCCCCS(=O)(=O)Nc1ccc(OC)c(NC(=O)CC(=O)C2(C)COC(C)(C)OC2)c1. The molecule has 0 unspecified atom stereocenters. The Kier molecular flexibility index (Phi) is 16.0. The summed E-state index contributed by atoms with van der Waals surface area (Å²) in [5.74, 6) is -1.21. The molecule has 0 radical (unpaired) electrons. The van der Waals surface area contributed by atoms with Gasteiger partial charge in [0.2, 0.25) is 15.9 Å². The van der Waals surface area contributed by atoms with Gasteiger partial charge < -0.3 is 19.5 Å². The first kappa shape index (κ1) is 37.0. The van der Waals surface area contributed by atoms with Crippen molar-refractivity contribution >= 4 is 33.1 Å². The summed E-state index contributed by atoms with van der Waals surface area (Å²) >= 11 is 0. The zero-order chi connectivity index (χ0) is 31.8. The van der Waals surface area contributed by atoms with Crippen LogP contribution in [0.2, 0.25) is 0 Å². The Morgan fingerprint density at radius 1 is 0.837 bits per heavy atom. The number of rotatable bonds is 22. The van der Waals surface area contributed by atoms with E-state index in [-0.39, 0.29) is 36.9 Å². The number of hydrogen-bond acceptors (Lipinski definition) is 7. The fourth-order valence-corrected chi connectivity index (χ4v) is 6.22. The fraction of sp³-hybridized carbons (Fsp3) is 0.758. The summed E-state index contributed by atoms with van der Waals surface area (Å²) in [6.07, 6.45) is 16.5. The molecule has 0 aromatic heterocycles. The molecule has 0 aliphatic carbocycles. The highest BCUT2D eigenvalue weighted by Gasteiger charge is 2.42. The number of sulfonamides is 1. The van der Waals surface area contributed by atoms with Crippen molar-refractivity contribution in [3.63, 3.8) is 0 Å². The lowest BCUT2D eigenvalue weighted by Crippen LogP contribution is -2.49. The molecule has 1 saturated heterocycles. The molecule has 1 aromatic rings. The molecule has 1 fully saturated rings. The van der Waals surface area contributed by atoms with Crippen molar-refractivity contribution in [3.8, 4) is 5.75 Å². The topological polar surface area (TPSA) is 120 Å². The van der Waals surface area contributed by atoms with E-state index in [1.54, 1.807) is 32.9 Å². The lowest BCUT2D eigenvalue weighted by molar-refractivity contribution is -0.276. The number of amides is 1. The molecule has 43 heavy (non-hydrogen) atoms. The molecular weight excluding hydrogens is 568 g/mol. The molecule has 1 aromatic carbocycles. The number of carbonyl (C=O) groups excluding carboxylic acids is 2. The van der Waals surface area contributed by atoms with Crippen LogP contribution in [0.1, 0.15) is 124 Å². The van der Waals surface area contributed by atoms with Crippen LogP contribution in [0.4, 0.5) is 11.4 Å². The third-order valence-corrected chi connectivity index (χ3v) is 9.36. The van der Waals surface area contributed by atoms with Crippen molar-refractivity contribution in [1.29, 1.82) is 0 Å². The standard InChI is InChI=1S/C33H56N2O7S/c1-6-7-8-9-10-11-12-13-14-15-16-17-18-19-22-43(38,39)35-27-20-21-29(40-5)28(23-27)34-31(37)24-30(36)33(4)25-41-32(2,3)42-26-33/h20-21,23,35H,6-19,22,24-26H2,1-5H3,(H,34,37). The van der Waals surface area contributed by atoms with Gasteiger partial charge in [-0.1, -0.05) is 90.4 Å². The lowest BCUT2D eigenvalue weighted by Gasteiger charge is -2.40. The Morgan fingerprint density at radius 3 is 1.86 bits per heavy atom. The lowest BCUT2D eigenvalue weighted by atomic mass is 9.84. The molecule has 1 aliphatic heterocycles. The van der Waals surface area contributed by atoms with Crippen LogP contribution in [0.15, 0.2) is 18.2 Å². The second-order valence-electron chi connectivity index (χ2n) is 12.6. The number of ether oxygens (including phenoxy) is 3. The maximum absolute atomic E-state index is 12.9. The summed E-state index contributed by atoms with van der Waals surface area (Å²) in [4.78, 5) is 25.6. The minimum absolute atomic E-state index is 0.0345. The van der Waals surface area contributed by atoms with Crippen LogP contribution in [0.5, 0.6) is 5.75 Å². The van der Waals surface area contributed by atoms with Crippen LogP contribution in [-0.2, 0) is 29.1 Å². The van der Waals surface area contributed by atoms with Gasteiger partial charge in [-0.25, -0.2) is 8.42 Å². The van der Waals surface area contributed by atoms with Gasteiger partial charge in [-0.15, -0.1) is 0 Å². The van der Waals surface area contributed by atoms with Crippen LogP contribution < -0.4 is 14.8 Å².